The lowest BCUT2D eigenvalue weighted by Crippen LogP contribution is -2.28. The van der Waals surface area contributed by atoms with Crippen LogP contribution in [0.5, 0.6) is 0 Å². The Labute approximate surface area is 88.3 Å². The monoisotopic (exact) mass is 199 g/mol. The average Bonchev–Trinajstić information content (AvgIpc) is 2.58. The quantitative estimate of drug-likeness (QED) is 0.709. The van der Waals surface area contributed by atoms with Crippen molar-refractivity contribution in [1.29, 1.82) is 0 Å². The van der Waals surface area contributed by atoms with Crippen LogP contribution >= 0.6 is 0 Å². The van der Waals surface area contributed by atoms with Crippen LogP contribution in [0, 0.1) is 5.92 Å². The normalized spacial score (nSPS) is 25.5. The van der Waals surface area contributed by atoms with Gasteiger partial charge in [-0.05, 0) is 18.8 Å². The van der Waals surface area contributed by atoms with Gasteiger partial charge in [-0.1, -0.05) is 33.1 Å². The number of hydrogen-bond donors (Lipinski definition) is 1. The summed E-state index contributed by atoms with van der Waals surface area (Å²) in [7, 11) is 0. The molecule has 84 valence electrons. The largest absolute Gasteiger partial charge is 0.392 e. The van der Waals surface area contributed by atoms with Crippen LogP contribution in [0.2, 0.25) is 0 Å². The predicted octanol–water partition coefficient (Wildman–Crippen LogP) is 2.27. The van der Waals surface area contributed by atoms with Gasteiger partial charge in [-0.3, -0.25) is 0 Å². The number of unbranched alkanes of at least 4 members (excludes halogenated alkanes) is 1. The molecule has 2 heteroatoms. The molecule has 2 atom stereocenters. The van der Waals surface area contributed by atoms with Gasteiger partial charge in [0.2, 0.25) is 0 Å². The minimum atomic E-state index is -0.0568. The van der Waals surface area contributed by atoms with Gasteiger partial charge in [0, 0.05) is 19.6 Å². The molecule has 0 aromatic carbocycles. The molecule has 1 fully saturated rings. The molecule has 0 aromatic heterocycles. The average molecular weight is 199 g/mol. The van der Waals surface area contributed by atoms with E-state index in [0.29, 0.717) is 0 Å². The Morgan fingerprint density at radius 2 is 2.21 bits per heavy atom. The highest BCUT2D eigenvalue weighted by atomic mass is 16.3. The molecule has 1 rings (SSSR count). The molecular formula is C12H25NO. The Hall–Kier alpha value is -0.0800. The maximum atomic E-state index is 9.42. The highest BCUT2D eigenvalue weighted by molar-refractivity contribution is 4.76. The third-order valence-corrected chi connectivity index (χ3v) is 3.31. The molecule has 0 amide bonds. The van der Waals surface area contributed by atoms with Crippen molar-refractivity contribution in [3.63, 3.8) is 0 Å². The number of hydrogen-bond acceptors (Lipinski definition) is 2. The minimum absolute atomic E-state index is 0.0568. The van der Waals surface area contributed by atoms with Gasteiger partial charge in [0.1, 0.15) is 0 Å². The Kier molecular flexibility index (Phi) is 5.49. The van der Waals surface area contributed by atoms with Crippen molar-refractivity contribution >= 4 is 0 Å². The van der Waals surface area contributed by atoms with Crippen molar-refractivity contribution < 1.29 is 5.11 Å². The van der Waals surface area contributed by atoms with Crippen molar-refractivity contribution in [2.45, 2.75) is 52.1 Å². The number of likely N-dealkylation sites (tertiary alicyclic amines) is 1. The molecule has 14 heavy (non-hydrogen) atoms. The first-order valence-corrected chi connectivity index (χ1v) is 6.16. The van der Waals surface area contributed by atoms with Crippen LogP contribution in [0.25, 0.3) is 0 Å². The molecule has 0 aromatic rings. The van der Waals surface area contributed by atoms with Crippen LogP contribution in [-0.2, 0) is 0 Å². The van der Waals surface area contributed by atoms with Crippen molar-refractivity contribution in [3.05, 3.63) is 0 Å². The van der Waals surface area contributed by atoms with E-state index in [1.54, 1.807) is 0 Å². The molecule has 1 aliphatic rings. The predicted molar refractivity (Wildman–Crippen MR) is 60.4 cm³/mol. The van der Waals surface area contributed by atoms with Gasteiger partial charge in [-0.15, -0.1) is 0 Å². The highest BCUT2D eigenvalue weighted by Gasteiger charge is 2.21. The molecular weight excluding hydrogens is 174 g/mol. The first-order chi connectivity index (χ1) is 6.76. The van der Waals surface area contributed by atoms with Gasteiger partial charge in [-0.25, -0.2) is 0 Å². The van der Waals surface area contributed by atoms with Gasteiger partial charge in [0.25, 0.3) is 0 Å². The molecule has 0 spiro atoms. The zero-order valence-corrected chi connectivity index (χ0v) is 9.71. The first kappa shape index (κ1) is 12.0. The number of β-amino-alcohol motifs (C(OH)–C–C–N with tert-alkyl or cyclic N) is 1. The van der Waals surface area contributed by atoms with E-state index in [0.717, 1.165) is 25.4 Å². The van der Waals surface area contributed by atoms with Gasteiger partial charge in [0.15, 0.2) is 0 Å². The second-order valence-electron chi connectivity index (χ2n) is 4.62. The Morgan fingerprint density at radius 3 is 2.71 bits per heavy atom. The fraction of sp³-hybridized carbons (Fsp3) is 1.00. The van der Waals surface area contributed by atoms with Crippen molar-refractivity contribution in [2.24, 2.45) is 5.92 Å². The van der Waals surface area contributed by atoms with E-state index < -0.39 is 0 Å². The molecule has 1 saturated heterocycles. The first-order valence-electron chi connectivity index (χ1n) is 6.16. The zero-order valence-electron chi connectivity index (χ0n) is 9.71. The lowest BCUT2D eigenvalue weighted by Gasteiger charge is -2.22. The van der Waals surface area contributed by atoms with E-state index >= 15 is 0 Å². The summed E-state index contributed by atoms with van der Waals surface area (Å²) in [6.45, 7) is 7.75. The number of rotatable bonds is 6. The second kappa shape index (κ2) is 6.41. The molecule has 0 saturated carbocycles. The smallest absolute Gasteiger partial charge is 0.0679 e. The topological polar surface area (TPSA) is 23.5 Å². The van der Waals surface area contributed by atoms with Crippen LogP contribution in [-0.4, -0.2) is 35.7 Å². The molecule has 0 bridgehead atoms. The number of nitrogens with zero attached hydrogens (tertiary/aromatic N) is 1. The van der Waals surface area contributed by atoms with E-state index in [9.17, 15) is 5.11 Å². The van der Waals surface area contributed by atoms with E-state index in [-0.39, 0.29) is 6.10 Å². The van der Waals surface area contributed by atoms with Gasteiger partial charge in [-0.2, -0.15) is 0 Å². The molecule has 2 nitrogen and oxygen atoms in total. The molecule has 1 heterocycles. The van der Waals surface area contributed by atoms with Crippen LogP contribution in [0.3, 0.4) is 0 Å². The Morgan fingerprint density at radius 1 is 1.43 bits per heavy atom. The summed E-state index contributed by atoms with van der Waals surface area (Å²) < 4.78 is 0. The third kappa shape index (κ3) is 3.97. The lowest BCUT2D eigenvalue weighted by molar-refractivity contribution is 0.168. The van der Waals surface area contributed by atoms with Gasteiger partial charge >= 0.3 is 0 Å². The Bertz CT molecular complexity index is 149. The summed E-state index contributed by atoms with van der Waals surface area (Å²) in [5.41, 5.74) is 0. The van der Waals surface area contributed by atoms with Crippen molar-refractivity contribution in [1.82, 2.24) is 4.90 Å². The number of aliphatic hydroxyl groups excluding tert-OH is 1. The lowest BCUT2D eigenvalue weighted by atomic mass is 9.99. The summed E-state index contributed by atoms with van der Waals surface area (Å²) >= 11 is 0. The summed E-state index contributed by atoms with van der Waals surface area (Å²) in [5.74, 6) is 0.847. The highest BCUT2D eigenvalue weighted by Crippen LogP contribution is 2.17. The summed E-state index contributed by atoms with van der Waals surface area (Å²) in [4.78, 5) is 2.43. The van der Waals surface area contributed by atoms with Crippen LogP contribution < -0.4 is 0 Å². The minimum Gasteiger partial charge on any atom is -0.392 e. The van der Waals surface area contributed by atoms with E-state index in [2.05, 4.69) is 18.7 Å². The maximum Gasteiger partial charge on any atom is 0.0679 e. The summed E-state index contributed by atoms with van der Waals surface area (Å²) in [6, 6.07) is 0. The van der Waals surface area contributed by atoms with Crippen LogP contribution in [0.15, 0.2) is 0 Å². The van der Waals surface area contributed by atoms with E-state index in [1.807, 2.05) is 0 Å². The standard InChI is InChI=1S/C12H25NO/c1-3-5-6-11(4-2)9-13-8-7-12(14)10-13/h11-12,14H,3-10H2,1-2H3. The van der Waals surface area contributed by atoms with Gasteiger partial charge in [0.05, 0.1) is 6.10 Å². The second-order valence-corrected chi connectivity index (χ2v) is 4.62. The third-order valence-electron chi connectivity index (χ3n) is 3.31. The summed E-state index contributed by atoms with van der Waals surface area (Å²) in [5, 5.41) is 9.42. The van der Waals surface area contributed by atoms with Crippen LogP contribution in [0.4, 0.5) is 0 Å². The molecule has 1 N–H and O–H groups in total. The molecule has 0 radical (unpaired) electrons. The van der Waals surface area contributed by atoms with Crippen molar-refractivity contribution in [2.75, 3.05) is 19.6 Å². The molecule has 0 aliphatic carbocycles. The van der Waals surface area contributed by atoms with Gasteiger partial charge < -0.3 is 10.0 Å². The fourth-order valence-corrected chi connectivity index (χ4v) is 2.26. The number of aliphatic hydroxyl groups is 1. The maximum absolute atomic E-state index is 9.42. The Balaban J connectivity index is 2.19. The molecule has 1 aliphatic heterocycles. The van der Waals surface area contributed by atoms with Crippen molar-refractivity contribution in [3.8, 4) is 0 Å². The summed E-state index contributed by atoms with van der Waals surface area (Å²) in [6.07, 6.45) is 6.23. The molecule has 2 unspecified atom stereocenters. The van der Waals surface area contributed by atoms with E-state index in [4.69, 9.17) is 0 Å². The SMILES string of the molecule is CCCCC(CC)CN1CCC(O)C1. The van der Waals surface area contributed by atoms with E-state index in [1.165, 1.54) is 32.2 Å². The fourth-order valence-electron chi connectivity index (χ4n) is 2.26. The zero-order chi connectivity index (χ0) is 10.4. The van der Waals surface area contributed by atoms with Crippen LogP contribution in [0.1, 0.15) is 46.0 Å².